The molecular weight excluding hydrogens is 362 g/mol. The molecule has 3 heterocycles. The zero-order chi connectivity index (χ0) is 17.2. The van der Waals surface area contributed by atoms with Crippen molar-refractivity contribution >= 4 is 32.7 Å². The monoisotopic (exact) mass is 379 g/mol. The summed E-state index contributed by atoms with van der Waals surface area (Å²) in [7, 11) is -3.43. The number of sulfonamides is 1. The molecule has 5 nitrogen and oxygen atoms in total. The van der Waals surface area contributed by atoms with Gasteiger partial charge in [-0.15, -0.1) is 22.7 Å². The van der Waals surface area contributed by atoms with Crippen molar-refractivity contribution in [3.63, 3.8) is 0 Å². The molecule has 0 fully saturated rings. The maximum Gasteiger partial charge on any atom is 0.250 e. The van der Waals surface area contributed by atoms with Crippen LogP contribution in [0.3, 0.4) is 0 Å². The number of aromatic nitrogens is 2. The largest absolute Gasteiger partial charge is 0.254 e. The summed E-state index contributed by atoms with van der Waals surface area (Å²) in [6.07, 6.45) is 2.35. The molecule has 126 valence electrons. The number of thiophene rings is 1. The van der Waals surface area contributed by atoms with E-state index in [1.165, 1.54) is 11.3 Å². The lowest BCUT2D eigenvalue weighted by molar-refractivity contribution is 0.584. The van der Waals surface area contributed by atoms with E-state index in [1.807, 2.05) is 38.1 Å². The third-order valence-electron chi connectivity index (χ3n) is 3.40. The fourth-order valence-corrected chi connectivity index (χ4v) is 5.58. The van der Waals surface area contributed by atoms with Gasteiger partial charge in [-0.25, -0.2) is 18.1 Å². The van der Waals surface area contributed by atoms with Crippen molar-refractivity contribution in [1.82, 2.24) is 14.7 Å². The SMILES string of the molecule is Cc1ccc(S(=O)(=O)NCCc2sc(-c3ccccn3)nc2C)s1. The summed E-state index contributed by atoms with van der Waals surface area (Å²) in [5.41, 5.74) is 1.76. The highest BCUT2D eigenvalue weighted by Gasteiger charge is 2.16. The number of nitrogens with one attached hydrogen (secondary N) is 1. The number of nitrogens with zero attached hydrogens (tertiary/aromatic N) is 2. The van der Waals surface area contributed by atoms with Gasteiger partial charge in [0.2, 0.25) is 10.0 Å². The first-order valence-corrected chi connectivity index (χ1v) is 10.5. The van der Waals surface area contributed by atoms with E-state index in [4.69, 9.17) is 0 Å². The van der Waals surface area contributed by atoms with Crippen LogP contribution in [0.4, 0.5) is 0 Å². The molecule has 0 aromatic carbocycles. The molecule has 0 aliphatic heterocycles. The number of aryl methyl sites for hydroxylation is 2. The summed E-state index contributed by atoms with van der Waals surface area (Å²) in [6, 6.07) is 9.16. The highest BCUT2D eigenvalue weighted by atomic mass is 32.2. The fraction of sp³-hybridized carbons (Fsp3) is 0.250. The Balaban J connectivity index is 1.66. The highest BCUT2D eigenvalue weighted by Crippen LogP contribution is 2.26. The van der Waals surface area contributed by atoms with Gasteiger partial charge < -0.3 is 0 Å². The lowest BCUT2D eigenvalue weighted by atomic mass is 10.3. The van der Waals surface area contributed by atoms with Gasteiger partial charge in [-0.3, -0.25) is 4.98 Å². The first-order valence-electron chi connectivity index (χ1n) is 7.39. The van der Waals surface area contributed by atoms with Gasteiger partial charge in [0.15, 0.2) is 0 Å². The molecule has 0 spiro atoms. The van der Waals surface area contributed by atoms with Crippen LogP contribution in [-0.4, -0.2) is 24.9 Å². The molecular formula is C16H17N3O2S3. The molecule has 0 aliphatic rings. The normalized spacial score (nSPS) is 11.8. The molecule has 0 saturated heterocycles. The minimum atomic E-state index is -3.43. The third kappa shape index (κ3) is 3.89. The van der Waals surface area contributed by atoms with Crippen molar-refractivity contribution < 1.29 is 8.42 Å². The van der Waals surface area contributed by atoms with Crippen molar-refractivity contribution in [3.8, 4) is 10.7 Å². The predicted octanol–water partition coefficient (Wildman–Crippen LogP) is 3.40. The van der Waals surface area contributed by atoms with Crippen LogP contribution in [0.15, 0.2) is 40.7 Å². The summed E-state index contributed by atoms with van der Waals surface area (Å²) in [5.74, 6) is 0. The molecule has 3 aromatic heterocycles. The quantitative estimate of drug-likeness (QED) is 0.712. The van der Waals surface area contributed by atoms with E-state index in [9.17, 15) is 8.42 Å². The Bertz CT molecular complexity index is 931. The summed E-state index contributed by atoms with van der Waals surface area (Å²) >= 11 is 2.83. The Morgan fingerprint density at radius 3 is 2.62 bits per heavy atom. The van der Waals surface area contributed by atoms with Gasteiger partial charge >= 0.3 is 0 Å². The fourth-order valence-electron chi connectivity index (χ4n) is 2.19. The zero-order valence-electron chi connectivity index (χ0n) is 13.3. The average Bonchev–Trinajstić information content (AvgIpc) is 3.15. The minimum Gasteiger partial charge on any atom is -0.254 e. The Morgan fingerprint density at radius 2 is 1.96 bits per heavy atom. The second-order valence-corrected chi connectivity index (χ2v) is 9.62. The minimum absolute atomic E-state index is 0.351. The molecule has 0 amide bonds. The standard InChI is InChI=1S/C16H17N3O2S3/c1-11-6-7-15(22-11)24(20,21)18-10-8-14-12(2)19-16(23-14)13-5-3-4-9-17-13/h3-7,9,18H,8,10H2,1-2H3. The van der Waals surface area contributed by atoms with E-state index in [1.54, 1.807) is 23.6 Å². The molecule has 0 aliphatic carbocycles. The van der Waals surface area contributed by atoms with Gasteiger partial charge in [-0.05, 0) is 44.5 Å². The molecule has 3 aromatic rings. The van der Waals surface area contributed by atoms with Crippen LogP contribution in [0.5, 0.6) is 0 Å². The van der Waals surface area contributed by atoms with Gasteiger partial charge in [0, 0.05) is 22.5 Å². The number of thiazole rings is 1. The molecule has 0 bridgehead atoms. The van der Waals surface area contributed by atoms with E-state index in [-0.39, 0.29) is 0 Å². The lowest BCUT2D eigenvalue weighted by Gasteiger charge is -2.03. The van der Waals surface area contributed by atoms with Crippen molar-refractivity contribution in [2.75, 3.05) is 6.54 Å². The number of hydrogen-bond donors (Lipinski definition) is 1. The molecule has 3 rings (SSSR count). The van der Waals surface area contributed by atoms with Crippen molar-refractivity contribution in [2.45, 2.75) is 24.5 Å². The number of pyridine rings is 1. The van der Waals surface area contributed by atoms with Crippen molar-refractivity contribution in [3.05, 3.63) is 52.0 Å². The van der Waals surface area contributed by atoms with Crippen molar-refractivity contribution in [2.24, 2.45) is 0 Å². The summed E-state index contributed by atoms with van der Waals surface area (Å²) in [6.45, 7) is 4.18. The van der Waals surface area contributed by atoms with Crippen LogP contribution in [-0.2, 0) is 16.4 Å². The molecule has 0 atom stereocenters. The average molecular weight is 380 g/mol. The van der Waals surface area contributed by atoms with E-state index in [0.717, 1.165) is 26.1 Å². The maximum atomic E-state index is 12.2. The summed E-state index contributed by atoms with van der Waals surface area (Å²) in [5, 5.41) is 0.861. The highest BCUT2D eigenvalue weighted by molar-refractivity contribution is 7.91. The second kappa shape index (κ2) is 7.10. The van der Waals surface area contributed by atoms with Gasteiger partial charge in [-0.1, -0.05) is 6.07 Å². The molecule has 0 saturated carbocycles. The Morgan fingerprint density at radius 1 is 1.12 bits per heavy atom. The third-order valence-corrected chi connectivity index (χ3v) is 7.59. The Kier molecular flexibility index (Phi) is 5.09. The van der Waals surface area contributed by atoms with Crippen LogP contribution < -0.4 is 4.72 Å². The number of hydrogen-bond acceptors (Lipinski definition) is 6. The Hall–Kier alpha value is -1.61. The van der Waals surface area contributed by atoms with Gasteiger partial charge in [0.1, 0.15) is 9.22 Å². The van der Waals surface area contributed by atoms with Gasteiger partial charge in [-0.2, -0.15) is 0 Å². The summed E-state index contributed by atoms with van der Waals surface area (Å²) < 4.78 is 27.5. The first-order chi connectivity index (χ1) is 11.5. The van der Waals surface area contributed by atoms with Gasteiger partial charge in [0.25, 0.3) is 0 Å². The topological polar surface area (TPSA) is 72.0 Å². The lowest BCUT2D eigenvalue weighted by Crippen LogP contribution is -2.25. The molecule has 8 heteroatoms. The van der Waals surface area contributed by atoms with Crippen LogP contribution in [0.1, 0.15) is 15.4 Å². The van der Waals surface area contributed by atoms with Crippen LogP contribution in [0, 0.1) is 13.8 Å². The van der Waals surface area contributed by atoms with E-state index in [2.05, 4.69) is 14.7 Å². The van der Waals surface area contributed by atoms with Crippen molar-refractivity contribution in [1.29, 1.82) is 0 Å². The molecule has 1 N–H and O–H groups in total. The second-order valence-electron chi connectivity index (χ2n) is 5.26. The first kappa shape index (κ1) is 17.2. The predicted molar refractivity (Wildman–Crippen MR) is 98.0 cm³/mol. The Labute approximate surface area is 149 Å². The van der Waals surface area contributed by atoms with Crippen LogP contribution >= 0.6 is 22.7 Å². The van der Waals surface area contributed by atoms with E-state index in [0.29, 0.717) is 17.2 Å². The molecule has 24 heavy (non-hydrogen) atoms. The van der Waals surface area contributed by atoms with Crippen LogP contribution in [0.2, 0.25) is 0 Å². The van der Waals surface area contributed by atoms with Gasteiger partial charge in [0.05, 0.1) is 11.4 Å². The smallest absolute Gasteiger partial charge is 0.250 e. The van der Waals surface area contributed by atoms with Crippen LogP contribution in [0.25, 0.3) is 10.7 Å². The van der Waals surface area contributed by atoms with E-state index >= 15 is 0 Å². The summed E-state index contributed by atoms with van der Waals surface area (Å²) in [4.78, 5) is 10.9. The maximum absolute atomic E-state index is 12.2. The van der Waals surface area contributed by atoms with E-state index < -0.39 is 10.0 Å². The molecule has 0 unspecified atom stereocenters. The number of rotatable bonds is 6. The zero-order valence-corrected chi connectivity index (χ0v) is 15.8. The molecule has 0 radical (unpaired) electrons.